The van der Waals surface area contributed by atoms with Gasteiger partial charge in [-0.25, -0.2) is 4.98 Å². The number of carbonyl (C=O) groups is 1. The van der Waals surface area contributed by atoms with Crippen molar-refractivity contribution in [2.75, 3.05) is 0 Å². The molecule has 4 rings (SSSR count). The minimum Gasteiger partial charge on any atom is -0.444 e. The topological polar surface area (TPSA) is 55.1 Å². The molecule has 0 spiro atoms. The second kappa shape index (κ2) is 6.93. The molecule has 1 aliphatic carbocycles. The quantitative estimate of drug-likeness (QED) is 0.783. The Morgan fingerprint density at radius 3 is 2.80 bits per heavy atom. The van der Waals surface area contributed by atoms with Crippen LogP contribution < -0.4 is 5.32 Å². The Balaban J connectivity index is 1.43. The molecule has 4 heteroatoms. The summed E-state index contributed by atoms with van der Waals surface area (Å²) in [4.78, 5) is 16.9. The normalized spacial score (nSPS) is 16.2. The van der Waals surface area contributed by atoms with Gasteiger partial charge in [0.2, 0.25) is 11.8 Å². The number of aromatic nitrogens is 1. The maximum atomic E-state index is 12.4. The molecular weight excluding hydrogens is 312 g/mol. The highest BCUT2D eigenvalue weighted by atomic mass is 16.3. The summed E-state index contributed by atoms with van der Waals surface area (Å²) in [6.45, 7) is 0. The number of nitrogens with one attached hydrogen (secondary N) is 1. The molecule has 126 valence electrons. The summed E-state index contributed by atoms with van der Waals surface area (Å²) >= 11 is 0. The third kappa shape index (κ3) is 3.48. The van der Waals surface area contributed by atoms with Crippen LogP contribution in [0.3, 0.4) is 0 Å². The Labute approximate surface area is 146 Å². The number of amides is 1. The van der Waals surface area contributed by atoms with Crippen LogP contribution in [0.2, 0.25) is 0 Å². The molecule has 0 saturated heterocycles. The highest BCUT2D eigenvalue weighted by molar-refractivity contribution is 5.78. The lowest BCUT2D eigenvalue weighted by molar-refractivity contribution is -0.121. The lowest BCUT2D eigenvalue weighted by atomic mass is 9.87. The van der Waals surface area contributed by atoms with Gasteiger partial charge in [0.25, 0.3) is 0 Å². The highest BCUT2D eigenvalue weighted by Crippen LogP contribution is 2.29. The van der Waals surface area contributed by atoms with Crippen LogP contribution in [0.25, 0.3) is 11.5 Å². The van der Waals surface area contributed by atoms with Gasteiger partial charge in [0, 0.05) is 5.56 Å². The zero-order valence-electron chi connectivity index (χ0n) is 13.9. The van der Waals surface area contributed by atoms with Crippen LogP contribution in [0.5, 0.6) is 0 Å². The van der Waals surface area contributed by atoms with Crippen molar-refractivity contribution in [3.05, 3.63) is 77.7 Å². The van der Waals surface area contributed by atoms with Crippen LogP contribution in [0.4, 0.5) is 0 Å². The first kappa shape index (κ1) is 15.6. The standard InChI is InChI=1S/C21H20N2O2/c24-20(23-19-12-6-10-15-7-4-5-11-18(15)19)13-17-14-25-21(22-17)16-8-2-1-3-9-16/h1-5,7-9,11,14,19H,6,10,12-13H2,(H,23,24). The zero-order valence-corrected chi connectivity index (χ0v) is 13.9. The fourth-order valence-electron chi connectivity index (χ4n) is 3.42. The molecule has 1 amide bonds. The van der Waals surface area contributed by atoms with E-state index in [-0.39, 0.29) is 18.4 Å². The number of hydrogen-bond acceptors (Lipinski definition) is 3. The van der Waals surface area contributed by atoms with Gasteiger partial charge >= 0.3 is 0 Å². The van der Waals surface area contributed by atoms with E-state index in [0.717, 1.165) is 24.8 Å². The molecule has 1 atom stereocenters. The molecule has 1 N–H and O–H groups in total. The monoisotopic (exact) mass is 332 g/mol. The van der Waals surface area contributed by atoms with Crippen LogP contribution in [0, 0.1) is 0 Å². The van der Waals surface area contributed by atoms with Crippen LogP contribution in [-0.4, -0.2) is 10.9 Å². The Bertz CT molecular complexity index is 870. The molecule has 3 aromatic rings. The van der Waals surface area contributed by atoms with Gasteiger partial charge in [-0.2, -0.15) is 0 Å². The number of fused-ring (bicyclic) bond motifs is 1. The predicted molar refractivity (Wildman–Crippen MR) is 95.9 cm³/mol. The molecule has 0 aliphatic heterocycles. The van der Waals surface area contributed by atoms with Gasteiger partial charge in [-0.1, -0.05) is 42.5 Å². The molecule has 1 heterocycles. The zero-order chi connectivity index (χ0) is 17.1. The van der Waals surface area contributed by atoms with E-state index in [2.05, 4.69) is 28.5 Å². The lowest BCUT2D eigenvalue weighted by Gasteiger charge is -2.26. The summed E-state index contributed by atoms with van der Waals surface area (Å²) in [6.07, 6.45) is 4.97. The second-order valence-corrected chi connectivity index (χ2v) is 6.40. The highest BCUT2D eigenvalue weighted by Gasteiger charge is 2.21. The molecule has 2 aromatic carbocycles. The Hall–Kier alpha value is -2.88. The molecule has 1 aliphatic rings. The van der Waals surface area contributed by atoms with Crippen LogP contribution in [-0.2, 0) is 17.6 Å². The third-order valence-electron chi connectivity index (χ3n) is 4.62. The maximum Gasteiger partial charge on any atom is 0.226 e. The Kier molecular flexibility index (Phi) is 4.34. The van der Waals surface area contributed by atoms with E-state index >= 15 is 0 Å². The van der Waals surface area contributed by atoms with Crippen LogP contribution in [0.1, 0.15) is 35.7 Å². The van der Waals surface area contributed by atoms with E-state index in [4.69, 9.17) is 4.42 Å². The van der Waals surface area contributed by atoms with Crippen LogP contribution >= 0.6 is 0 Å². The van der Waals surface area contributed by atoms with Gasteiger partial charge in [-0.15, -0.1) is 0 Å². The SMILES string of the molecule is O=C(Cc1coc(-c2ccccc2)n1)NC1CCCc2ccccc21. The van der Waals surface area contributed by atoms with E-state index < -0.39 is 0 Å². The summed E-state index contributed by atoms with van der Waals surface area (Å²) in [6, 6.07) is 18.2. The molecular formula is C21H20N2O2. The molecule has 0 fully saturated rings. The van der Waals surface area contributed by atoms with E-state index in [0.29, 0.717) is 11.6 Å². The Morgan fingerprint density at radius 2 is 1.92 bits per heavy atom. The molecule has 0 bridgehead atoms. The molecule has 0 saturated carbocycles. The van der Waals surface area contributed by atoms with Crippen molar-refractivity contribution in [1.29, 1.82) is 0 Å². The number of hydrogen-bond donors (Lipinski definition) is 1. The van der Waals surface area contributed by atoms with Crippen LogP contribution in [0.15, 0.2) is 65.3 Å². The van der Waals surface area contributed by atoms with Crippen molar-refractivity contribution >= 4 is 5.91 Å². The van der Waals surface area contributed by atoms with Gasteiger partial charge < -0.3 is 9.73 Å². The van der Waals surface area contributed by atoms with Gasteiger partial charge in [-0.05, 0) is 42.5 Å². The van der Waals surface area contributed by atoms with E-state index in [9.17, 15) is 4.79 Å². The van der Waals surface area contributed by atoms with E-state index in [1.54, 1.807) is 6.26 Å². The predicted octanol–water partition coefficient (Wildman–Crippen LogP) is 4.08. The van der Waals surface area contributed by atoms with Gasteiger partial charge in [0.1, 0.15) is 6.26 Å². The summed E-state index contributed by atoms with van der Waals surface area (Å²) in [5, 5.41) is 3.15. The van der Waals surface area contributed by atoms with Crippen molar-refractivity contribution in [2.45, 2.75) is 31.7 Å². The lowest BCUT2D eigenvalue weighted by Crippen LogP contribution is -2.32. The first-order valence-electron chi connectivity index (χ1n) is 8.66. The van der Waals surface area contributed by atoms with Gasteiger partial charge in [0.05, 0.1) is 18.2 Å². The number of nitrogens with zero attached hydrogens (tertiary/aromatic N) is 1. The average Bonchev–Trinajstić information content (AvgIpc) is 3.11. The number of oxazole rings is 1. The first-order valence-corrected chi connectivity index (χ1v) is 8.66. The summed E-state index contributed by atoms with van der Waals surface area (Å²) in [7, 11) is 0. The van der Waals surface area contributed by atoms with Crippen molar-refractivity contribution in [3.63, 3.8) is 0 Å². The van der Waals surface area contributed by atoms with E-state index in [1.807, 2.05) is 36.4 Å². The number of aryl methyl sites for hydroxylation is 1. The van der Waals surface area contributed by atoms with Gasteiger partial charge in [0.15, 0.2) is 0 Å². The second-order valence-electron chi connectivity index (χ2n) is 6.40. The molecule has 1 aromatic heterocycles. The minimum absolute atomic E-state index is 0.0189. The number of benzene rings is 2. The summed E-state index contributed by atoms with van der Waals surface area (Å²) < 4.78 is 5.51. The number of carbonyl (C=O) groups excluding carboxylic acids is 1. The molecule has 0 radical (unpaired) electrons. The van der Waals surface area contributed by atoms with Gasteiger partial charge in [-0.3, -0.25) is 4.79 Å². The third-order valence-corrected chi connectivity index (χ3v) is 4.62. The average molecular weight is 332 g/mol. The fraction of sp³-hybridized carbons (Fsp3) is 0.238. The van der Waals surface area contributed by atoms with Crippen molar-refractivity contribution in [3.8, 4) is 11.5 Å². The van der Waals surface area contributed by atoms with Crippen molar-refractivity contribution < 1.29 is 9.21 Å². The molecule has 25 heavy (non-hydrogen) atoms. The summed E-state index contributed by atoms with van der Waals surface area (Å²) in [5.41, 5.74) is 4.15. The van der Waals surface area contributed by atoms with E-state index in [1.165, 1.54) is 11.1 Å². The first-order chi connectivity index (χ1) is 12.3. The van der Waals surface area contributed by atoms with Crippen molar-refractivity contribution in [2.24, 2.45) is 0 Å². The number of rotatable bonds is 4. The molecule has 1 unspecified atom stereocenters. The largest absolute Gasteiger partial charge is 0.444 e. The van der Waals surface area contributed by atoms with Crippen molar-refractivity contribution in [1.82, 2.24) is 10.3 Å². The summed E-state index contributed by atoms with van der Waals surface area (Å²) in [5.74, 6) is 0.529. The minimum atomic E-state index is -0.0189. The molecule has 4 nitrogen and oxygen atoms in total. The Morgan fingerprint density at radius 1 is 1.12 bits per heavy atom. The fourth-order valence-corrected chi connectivity index (χ4v) is 3.42. The smallest absolute Gasteiger partial charge is 0.226 e. The maximum absolute atomic E-state index is 12.4.